The number of ether oxygens (including phenoxy) is 1. The van der Waals surface area contributed by atoms with Gasteiger partial charge in [-0.1, -0.05) is 12.1 Å². The lowest BCUT2D eigenvalue weighted by Gasteiger charge is -2.17. The molecule has 4 nitrogen and oxygen atoms in total. The van der Waals surface area contributed by atoms with Crippen molar-refractivity contribution in [3.05, 3.63) is 24.3 Å². The van der Waals surface area contributed by atoms with Crippen molar-refractivity contribution in [1.29, 1.82) is 0 Å². The Kier molecular flexibility index (Phi) is 4.35. The van der Waals surface area contributed by atoms with Crippen LogP contribution < -0.4 is 10.2 Å². The Bertz CT molecular complexity index is 316. The van der Waals surface area contributed by atoms with Crippen LogP contribution in [0, 0.1) is 0 Å². The second-order valence-electron chi connectivity index (χ2n) is 4.35. The molecule has 0 radical (unpaired) electrons. The van der Waals surface area contributed by atoms with Gasteiger partial charge in [-0.3, -0.25) is 0 Å². The Morgan fingerprint density at radius 3 is 2.19 bits per heavy atom. The molecule has 0 saturated carbocycles. The molecular weight excluding hydrogens is 207 g/mol. The van der Waals surface area contributed by atoms with E-state index in [-0.39, 0.29) is 0 Å². The van der Waals surface area contributed by atoms with Crippen molar-refractivity contribution in [1.82, 2.24) is 0 Å². The summed E-state index contributed by atoms with van der Waals surface area (Å²) in [5, 5.41) is 27.2. The van der Waals surface area contributed by atoms with Crippen LogP contribution in [0.15, 0.2) is 24.3 Å². The van der Waals surface area contributed by atoms with E-state index in [4.69, 9.17) is 14.8 Å². The van der Waals surface area contributed by atoms with E-state index in [1.54, 1.807) is 38.1 Å². The summed E-state index contributed by atoms with van der Waals surface area (Å²) in [5.41, 5.74) is -0.309. The zero-order valence-electron chi connectivity index (χ0n) is 9.55. The zero-order valence-corrected chi connectivity index (χ0v) is 9.55. The molecule has 0 unspecified atom stereocenters. The molecule has 0 fully saturated rings. The Hall–Kier alpha value is -1.04. The van der Waals surface area contributed by atoms with E-state index in [0.29, 0.717) is 24.2 Å². The molecule has 3 N–H and O–H groups in total. The minimum atomic E-state index is -1.45. The van der Waals surface area contributed by atoms with Crippen molar-refractivity contribution in [3.63, 3.8) is 0 Å². The third-order valence-corrected chi connectivity index (χ3v) is 2.16. The van der Waals surface area contributed by atoms with E-state index in [9.17, 15) is 5.11 Å². The molecule has 0 aliphatic rings. The smallest absolute Gasteiger partial charge is 0.488 e. The summed E-state index contributed by atoms with van der Waals surface area (Å²) in [6.07, 6.45) is 0.539. The van der Waals surface area contributed by atoms with Gasteiger partial charge >= 0.3 is 7.12 Å². The van der Waals surface area contributed by atoms with Crippen molar-refractivity contribution in [2.24, 2.45) is 0 Å². The molecule has 0 heterocycles. The van der Waals surface area contributed by atoms with Gasteiger partial charge in [0.1, 0.15) is 5.75 Å². The highest BCUT2D eigenvalue weighted by atomic mass is 16.5. The van der Waals surface area contributed by atoms with Crippen LogP contribution in [-0.2, 0) is 0 Å². The highest BCUT2D eigenvalue weighted by Gasteiger charge is 2.13. The van der Waals surface area contributed by atoms with E-state index >= 15 is 0 Å². The van der Waals surface area contributed by atoms with Gasteiger partial charge in [0.05, 0.1) is 12.2 Å². The van der Waals surface area contributed by atoms with E-state index in [1.807, 2.05) is 0 Å². The lowest BCUT2D eigenvalue weighted by atomic mass is 9.80. The molecule has 16 heavy (non-hydrogen) atoms. The molecule has 0 aromatic heterocycles. The molecule has 1 aromatic rings. The van der Waals surface area contributed by atoms with Gasteiger partial charge in [-0.05, 0) is 31.4 Å². The maximum Gasteiger partial charge on any atom is 0.488 e. The first-order chi connectivity index (χ1) is 7.38. The standard InChI is InChI=1S/C11H17BO4/c1-11(2,13)7-8-16-10-5-3-9(4-6-10)12(14)15/h3-6,13-15H,7-8H2,1-2H3. The van der Waals surface area contributed by atoms with Crippen LogP contribution in [0.2, 0.25) is 0 Å². The van der Waals surface area contributed by atoms with Gasteiger partial charge < -0.3 is 19.9 Å². The monoisotopic (exact) mass is 224 g/mol. The van der Waals surface area contributed by atoms with Crippen molar-refractivity contribution in [2.45, 2.75) is 25.9 Å². The van der Waals surface area contributed by atoms with Crippen LogP contribution in [-0.4, -0.2) is 34.5 Å². The molecule has 0 saturated heterocycles. The highest BCUT2D eigenvalue weighted by Crippen LogP contribution is 2.11. The minimum absolute atomic E-state index is 0.421. The van der Waals surface area contributed by atoms with E-state index in [2.05, 4.69) is 0 Å². The molecule has 88 valence electrons. The van der Waals surface area contributed by atoms with Crippen molar-refractivity contribution in [3.8, 4) is 5.75 Å². The maximum absolute atomic E-state index is 9.47. The summed E-state index contributed by atoms with van der Waals surface area (Å²) in [4.78, 5) is 0. The van der Waals surface area contributed by atoms with Crippen LogP contribution in [0.4, 0.5) is 0 Å². The summed E-state index contributed by atoms with van der Waals surface area (Å²) in [6.45, 7) is 3.87. The molecule has 0 amide bonds. The molecule has 0 bridgehead atoms. The van der Waals surface area contributed by atoms with Gasteiger partial charge in [-0.15, -0.1) is 0 Å². The average Bonchev–Trinajstić information content (AvgIpc) is 2.16. The lowest BCUT2D eigenvalue weighted by Crippen LogP contribution is -2.29. The van der Waals surface area contributed by atoms with Crippen LogP contribution in [0.1, 0.15) is 20.3 Å². The minimum Gasteiger partial charge on any atom is -0.493 e. The summed E-state index contributed by atoms with van der Waals surface area (Å²) in [6, 6.07) is 6.51. The molecular formula is C11H17BO4. The number of hydrogen-bond donors (Lipinski definition) is 3. The number of aliphatic hydroxyl groups is 1. The normalized spacial score (nSPS) is 11.3. The fourth-order valence-electron chi connectivity index (χ4n) is 1.15. The van der Waals surface area contributed by atoms with Crippen molar-refractivity contribution < 1.29 is 19.9 Å². The van der Waals surface area contributed by atoms with E-state index in [1.165, 1.54) is 0 Å². The van der Waals surface area contributed by atoms with Gasteiger partial charge in [-0.2, -0.15) is 0 Å². The Morgan fingerprint density at radius 1 is 1.19 bits per heavy atom. The summed E-state index contributed by atoms with van der Waals surface area (Å²) >= 11 is 0. The molecule has 0 aliphatic carbocycles. The zero-order chi connectivity index (χ0) is 12.2. The summed E-state index contributed by atoms with van der Waals surface area (Å²) in [5.74, 6) is 0.647. The Morgan fingerprint density at radius 2 is 1.75 bits per heavy atom. The van der Waals surface area contributed by atoms with Crippen LogP contribution >= 0.6 is 0 Å². The fraction of sp³-hybridized carbons (Fsp3) is 0.455. The van der Waals surface area contributed by atoms with Gasteiger partial charge in [0.25, 0.3) is 0 Å². The van der Waals surface area contributed by atoms with Gasteiger partial charge in [0.15, 0.2) is 0 Å². The predicted molar refractivity (Wildman–Crippen MR) is 62.7 cm³/mol. The molecule has 1 aromatic carbocycles. The molecule has 0 spiro atoms. The first-order valence-corrected chi connectivity index (χ1v) is 5.20. The third kappa shape index (κ3) is 4.66. The number of hydrogen-bond acceptors (Lipinski definition) is 4. The van der Waals surface area contributed by atoms with Crippen molar-refractivity contribution >= 4 is 12.6 Å². The predicted octanol–water partition coefficient (Wildman–Crippen LogP) is -0.0938. The molecule has 5 heteroatoms. The summed E-state index contributed by atoms with van der Waals surface area (Å²) in [7, 11) is -1.45. The average molecular weight is 224 g/mol. The largest absolute Gasteiger partial charge is 0.493 e. The first-order valence-electron chi connectivity index (χ1n) is 5.20. The van der Waals surface area contributed by atoms with Gasteiger partial charge in [-0.25, -0.2) is 0 Å². The molecule has 0 aliphatic heterocycles. The van der Waals surface area contributed by atoms with E-state index < -0.39 is 12.7 Å². The van der Waals surface area contributed by atoms with Crippen molar-refractivity contribution in [2.75, 3.05) is 6.61 Å². The molecule has 1 rings (SSSR count). The van der Waals surface area contributed by atoms with Crippen LogP contribution in [0.5, 0.6) is 5.75 Å². The molecule has 0 atom stereocenters. The maximum atomic E-state index is 9.47. The van der Waals surface area contributed by atoms with E-state index in [0.717, 1.165) is 0 Å². The lowest BCUT2D eigenvalue weighted by molar-refractivity contribution is 0.0553. The van der Waals surface area contributed by atoms with Gasteiger partial charge in [0, 0.05) is 6.42 Å². The quantitative estimate of drug-likeness (QED) is 0.611. The van der Waals surface area contributed by atoms with Crippen LogP contribution in [0.25, 0.3) is 0 Å². The van der Waals surface area contributed by atoms with Crippen LogP contribution in [0.3, 0.4) is 0 Å². The highest BCUT2D eigenvalue weighted by molar-refractivity contribution is 6.58. The second-order valence-corrected chi connectivity index (χ2v) is 4.35. The van der Waals surface area contributed by atoms with Gasteiger partial charge in [0.2, 0.25) is 0 Å². The Balaban J connectivity index is 2.44. The first kappa shape index (κ1) is 13.0. The third-order valence-electron chi connectivity index (χ3n) is 2.16. The second kappa shape index (κ2) is 5.34. The topological polar surface area (TPSA) is 69.9 Å². The number of rotatable bonds is 5. The SMILES string of the molecule is CC(C)(O)CCOc1ccc(B(O)O)cc1. The fourth-order valence-corrected chi connectivity index (χ4v) is 1.15. The Labute approximate surface area is 95.6 Å². The summed E-state index contributed by atoms with van der Waals surface area (Å²) < 4.78 is 5.39. The number of benzene rings is 1.